The number of alkyl halides is 3. The molecule has 1 unspecified atom stereocenters. The normalized spacial score (nSPS) is 14.9. The molecule has 2 aromatic rings. The summed E-state index contributed by atoms with van der Waals surface area (Å²) in [6.45, 7) is 0. The predicted molar refractivity (Wildman–Crippen MR) is 64.3 cm³/mol. The van der Waals surface area contributed by atoms with E-state index in [1.165, 1.54) is 48.8 Å². The number of hydrogen-bond donors (Lipinski definition) is 1. The summed E-state index contributed by atoms with van der Waals surface area (Å²) in [5, 5.41) is 10.1. The Labute approximate surface area is 108 Å². The summed E-state index contributed by atoms with van der Waals surface area (Å²) in [6, 6.07) is 10.0. The number of benzene rings is 1. The third-order valence-corrected chi connectivity index (χ3v) is 2.93. The molecular weight excluding hydrogens is 255 g/mol. The molecule has 0 amide bonds. The van der Waals surface area contributed by atoms with Crippen LogP contribution in [0.15, 0.2) is 54.9 Å². The Morgan fingerprint density at radius 2 is 1.53 bits per heavy atom. The van der Waals surface area contributed by atoms with Gasteiger partial charge >= 0.3 is 6.18 Å². The van der Waals surface area contributed by atoms with Gasteiger partial charge in [0.1, 0.15) is 0 Å². The molecule has 1 atom stereocenters. The topological polar surface area (TPSA) is 33.1 Å². The monoisotopic (exact) mass is 267 g/mol. The van der Waals surface area contributed by atoms with E-state index < -0.39 is 18.2 Å². The Balaban J connectivity index is 2.42. The highest BCUT2D eigenvalue weighted by molar-refractivity contribution is 5.27. The lowest BCUT2D eigenvalue weighted by molar-refractivity contribution is -0.266. The number of nitrogens with zero attached hydrogens (tertiary/aromatic N) is 1. The van der Waals surface area contributed by atoms with Crippen molar-refractivity contribution in [1.82, 2.24) is 4.98 Å². The van der Waals surface area contributed by atoms with Gasteiger partial charge in [-0.2, -0.15) is 13.2 Å². The van der Waals surface area contributed by atoms with Crippen LogP contribution in [-0.2, 0) is 12.0 Å². The summed E-state index contributed by atoms with van der Waals surface area (Å²) < 4.78 is 39.6. The Morgan fingerprint density at radius 3 is 2.05 bits per heavy atom. The van der Waals surface area contributed by atoms with Crippen LogP contribution in [0.25, 0.3) is 0 Å². The third kappa shape index (κ3) is 2.76. The van der Waals surface area contributed by atoms with E-state index in [9.17, 15) is 18.3 Å². The number of aromatic nitrogens is 1. The van der Waals surface area contributed by atoms with Crippen molar-refractivity contribution in [3.63, 3.8) is 0 Å². The van der Waals surface area contributed by atoms with Crippen LogP contribution >= 0.6 is 0 Å². The minimum atomic E-state index is -4.75. The average molecular weight is 267 g/mol. The molecule has 0 bridgehead atoms. The molecule has 1 aromatic heterocycles. The number of rotatable bonds is 3. The molecule has 5 heteroatoms. The SMILES string of the molecule is OC(Cc1ccncc1)(c1ccccc1)C(F)(F)F. The molecular formula is C14H12F3NO. The first-order valence-corrected chi connectivity index (χ1v) is 5.67. The molecule has 0 aliphatic heterocycles. The van der Waals surface area contributed by atoms with Gasteiger partial charge in [-0.3, -0.25) is 4.98 Å². The zero-order chi connectivity index (χ0) is 13.9. The molecule has 0 aliphatic carbocycles. The molecule has 1 N–H and O–H groups in total. The fourth-order valence-corrected chi connectivity index (χ4v) is 1.88. The summed E-state index contributed by atoms with van der Waals surface area (Å²) >= 11 is 0. The molecule has 0 fully saturated rings. The lowest BCUT2D eigenvalue weighted by atomic mass is 9.87. The van der Waals surface area contributed by atoms with E-state index in [4.69, 9.17) is 0 Å². The Bertz CT molecular complexity index is 527. The smallest absolute Gasteiger partial charge is 0.376 e. The molecule has 19 heavy (non-hydrogen) atoms. The van der Waals surface area contributed by atoms with E-state index in [1.54, 1.807) is 6.07 Å². The van der Waals surface area contributed by atoms with Crippen molar-refractivity contribution in [2.75, 3.05) is 0 Å². The zero-order valence-electron chi connectivity index (χ0n) is 9.93. The Hall–Kier alpha value is -1.88. The van der Waals surface area contributed by atoms with Gasteiger partial charge in [-0.15, -0.1) is 0 Å². The molecule has 0 radical (unpaired) electrons. The molecule has 0 saturated heterocycles. The molecule has 0 saturated carbocycles. The number of halogens is 3. The van der Waals surface area contributed by atoms with Crippen molar-refractivity contribution in [3.8, 4) is 0 Å². The number of pyridine rings is 1. The summed E-state index contributed by atoms with van der Waals surface area (Å²) in [6.07, 6.45) is -2.49. The predicted octanol–water partition coefficient (Wildman–Crippen LogP) is 3.07. The second-order valence-corrected chi connectivity index (χ2v) is 4.26. The first kappa shape index (κ1) is 13.5. The van der Waals surface area contributed by atoms with Gasteiger partial charge in [0.15, 0.2) is 5.60 Å². The van der Waals surface area contributed by atoms with Crippen molar-refractivity contribution in [2.45, 2.75) is 18.2 Å². The van der Waals surface area contributed by atoms with Gasteiger partial charge < -0.3 is 5.11 Å². The van der Waals surface area contributed by atoms with Gasteiger partial charge in [0.2, 0.25) is 0 Å². The molecule has 2 nitrogen and oxygen atoms in total. The number of aliphatic hydroxyl groups is 1. The minimum Gasteiger partial charge on any atom is -0.376 e. The van der Waals surface area contributed by atoms with Gasteiger partial charge in [-0.25, -0.2) is 0 Å². The lowest BCUT2D eigenvalue weighted by Crippen LogP contribution is -2.44. The second-order valence-electron chi connectivity index (χ2n) is 4.26. The third-order valence-electron chi connectivity index (χ3n) is 2.93. The van der Waals surface area contributed by atoms with Gasteiger partial charge in [-0.1, -0.05) is 30.3 Å². The number of hydrogen-bond acceptors (Lipinski definition) is 2. The second kappa shape index (κ2) is 5.01. The van der Waals surface area contributed by atoms with E-state index in [0.717, 1.165) is 0 Å². The Morgan fingerprint density at radius 1 is 0.947 bits per heavy atom. The van der Waals surface area contributed by atoms with Crippen LogP contribution in [0.2, 0.25) is 0 Å². The lowest BCUT2D eigenvalue weighted by Gasteiger charge is -2.31. The maximum Gasteiger partial charge on any atom is 0.421 e. The van der Waals surface area contributed by atoms with Gasteiger partial charge in [-0.05, 0) is 23.3 Å². The minimum absolute atomic E-state index is 0.167. The van der Waals surface area contributed by atoms with Crippen molar-refractivity contribution in [2.24, 2.45) is 0 Å². The van der Waals surface area contributed by atoms with Crippen LogP contribution in [0.3, 0.4) is 0 Å². The Kier molecular flexibility index (Phi) is 3.57. The van der Waals surface area contributed by atoms with Crippen molar-refractivity contribution < 1.29 is 18.3 Å². The highest BCUT2D eigenvalue weighted by Gasteiger charge is 2.54. The van der Waals surface area contributed by atoms with E-state index >= 15 is 0 Å². The highest BCUT2D eigenvalue weighted by Crippen LogP contribution is 2.41. The van der Waals surface area contributed by atoms with E-state index in [2.05, 4.69) is 4.98 Å². The van der Waals surface area contributed by atoms with E-state index in [0.29, 0.717) is 5.56 Å². The van der Waals surface area contributed by atoms with Crippen LogP contribution in [-0.4, -0.2) is 16.3 Å². The van der Waals surface area contributed by atoms with Crippen LogP contribution in [0, 0.1) is 0 Å². The molecule has 0 aliphatic rings. The van der Waals surface area contributed by atoms with Crippen molar-refractivity contribution in [1.29, 1.82) is 0 Å². The molecule has 1 heterocycles. The summed E-state index contributed by atoms with van der Waals surface area (Å²) in [7, 11) is 0. The first-order valence-electron chi connectivity index (χ1n) is 5.67. The van der Waals surface area contributed by atoms with Crippen molar-refractivity contribution >= 4 is 0 Å². The first-order chi connectivity index (χ1) is 8.93. The van der Waals surface area contributed by atoms with Crippen molar-refractivity contribution in [3.05, 3.63) is 66.0 Å². The standard InChI is InChI=1S/C14H12F3NO/c15-14(16,17)13(19,12-4-2-1-3-5-12)10-11-6-8-18-9-7-11/h1-9,19H,10H2. The van der Waals surface area contributed by atoms with Gasteiger partial charge in [0, 0.05) is 18.8 Å². The summed E-state index contributed by atoms with van der Waals surface area (Å²) in [5.41, 5.74) is -2.69. The van der Waals surface area contributed by atoms with Gasteiger partial charge in [0.25, 0.3) is 0 Å². The van der Waals surface area contributed by atoms with Crippen LogP contribution in [0.4, 0.5) is 13.2 Å². The quantitative estimate of drug-likeness (QED) is 0.927. The molecule has 1 aromatic carbocycles. The van der Waals surface area contributed by atoms with Gasteiger partial charge in [0.05, 0.1) is 0 Å². The summed E-state index contributed by atoms with van der Waals surface area (Å²) in [5.74, 6) is 0. The highest BCUT2D eigenvalue weighted by atomic mass is 19.4. The average Bonchev–Trinajstić information content (AvgIpc) is 2.39. The van der Waals surface area contributed by atoms with E-state index in [-0.39, 0.29) is 5.56 Å². The van der Waals surface area contributed by atoms with Crippen LogP contribution in [0.5, 0.6) is 0 Å². The molecule has 100 valence electrons. The van der Waals surface area contributed by atoms with E-state index in [1.807, 2.05) is 0 Å². The van der Waals surface area contributed by atoms with Crippen LogP contribution in [0.1, 0.15) is 11.1 Å². The molecule has 2 rings (SSSR count). The van der Waals surface area contributed by atoms with Crippen LogP contribution < -0.4 is 0 Å². The maximum atomic E-state index is 13.2. The summed E-state index contributed by atoms with van der Waals surface area (Å²) in [4.78, 5) is 3.75. The zero-order valence-corrected chi connectivity index (χ0v) is 9.93. The largest absolute Gasteiger partial charge is 0.421 e. The fourth-order valence-electron chi connectivity index (χ4n) is 1.88. The maximum absolute atomic E-state index is 13.2. The molecule has 0 spiro atoms. The fraction of sp³-hybridized carbons (Fsp3) is 0.214.